The molecular formula is C32H49N2O5S-. The minimum atomic E-state index is -4.41. The van der Waals surface area contributed by atoms with E-state index >= 15 is 0 Å². The number of hydrogen-bond acceptors (Lipinski definition) is 6. The van der Waals surface area contributed by atoms with Crippen molar-refractivity contribution in [2.75, 3.05) is 12.3 Å². The van der Waals surface area contributed by atoms with Crippen LogP contribution in [-0.2, 0) is 21.5 Å². The normalized spacial score (nSPS) is 38.1. The molecule has 40 heavy (non-hydrogen) atoms. The number of fused-ring (bicyclic) bond motifs is 5. The zero-order valence-corrected chi connectivity index (χ0v) is 25.4. The first-order chi connectivity index (χ1) is 18.9. The van der Waals surface area contributed by atoms with Gasteiger partial charge in [0.15, 0.2) is 0 Å². The Bertz CT molecular complexity index is 1150. The fraction of sp³-hybridized carbons (Fsp3) is 0.812. The van der Waals surface area contributed by atoms with Crippen LogP contribution in [0.2, 0.25) is 0 Å². The Balaban J connectivity index is 1.22. The molecule has 4 fully saturated rings. The Morgan fingerprint density at radius 1 is 1.12 bits per heavy atom. The second kappa shape index (κ2) is 11.6. The van der Waals surface area contributed by atoms with Gasteiger partial charge in [0.1, 0.15) is 0 Å². The Morgan fingerprint density at radius 3 is 2.60 bits per heavy atom. The second-order valence-electron chi connectivity index (χ2n) is 14.3. The molecule has 1 aromatic heterocycles. The molecule has 4 aliphatic rings. The maximum atomic E-state index is 13.3. The number of aromatic nitrogens is 1. The predicted molar refractivity (Wildman–Crippen MR) is 154 cm³/mol. The molecule has 0 aromatic carbocycles. The van der Waals surface area contributed by atoms with Crippen LogP contribution in [0.15, 0.2) is 24.5 Å². The van der Waals surface area contributed by atoms with E-state index in [1.54, 1.807) is 18.5 Å². The number of aliphatic hydroxyl groups excluding tert-OH is 1. The fourth-order valence-electron chi connectivity index (χ4n) is 10.1. The summed E-state index contributed by atoms with van der Waals surface area (Å²) in [7, 11) is -4.41. The molecule has 0 bridgehead atoms. The van der Waals surface area contributed by atoms with Crippen molar-refractivity contribution >= 4 is 16.0 Å². The van der Waals surface area contributed by atoms with Crippen LogP contribution < -0.4 is 0 Å². The molecule has 7 nitrogen and oxygen atoms in total. The van der Waals surface area contributed by atoms with E-state index in [4.69, 9.17) is 0 Å². The van der Waals surface area contributed by atoms with Gasteiger partial charge in [-0.3, -0.25) is 9.78 Å². The van der Waals surface area contributed by atoms with Crippen molar-refractivity contribution in [1.29, 1.82) is 0 Å². The first-order valence-electron chi connectivity index (χ1n) is 15.7. The predicted octanol–water partition coefficient (Wildman–Crippen LogP) is 5.39. The van der Waals surface area contributed by atoms with Gasteiger partial charge in [-0.2, -0.15) is 0 Å². The largest absolute Gasteiger partial charge is 0.748 e. The molecule has 0 spiro atoms. The fourth-order valence-corrected chi connectivity index (χ4v) is 10.6. The molecule has 4 saturated carbocycles. The van der Waals surface area contributed by atoms with Gasteiger partial charge in [-0.25, -0.2) is 8.42 Å². The molecule has 9 atom stereocenters. The molecule has 1 N–H and O–H groups in total. The summed E-state index contributed by atoms with van der Waals surface area (Å²) >= 11 is 0. The van der Waals surface area contributed by atoms with Crippen LogP contribution >= 0.6 is 0 Å². The van der Waals surface area contributed by atoms with Gasteiger partial charge in [0.25, 0.3) is 0 Å². The minimum absolute atomic E-state index is 0.0863. The highest BCUT2D eigenvalue weighted by atomic mass is 32.2. The van der Waals surface area contributed by atoms with E-state index in [2.05, 4.69) is 25.8 Å². The maximum Gasteiger partial charge on any atom is 0.222 e. The van der Waals surface area contributed by atoms with Crippen molar-refractivity contribution in [2.45, 2.75) is 104 Å². The molecule has 4 aliphatic carbocycles. The minimum Gasteiger partial charge on any atom is -0.748 e. The average molecular weight is 574 g/mol. The molecule has 1 amide bonds. The molecule has 1 aromatic rings. The number of carbonyl (C=O) groups excluding carboxylic acids is 1. The van der Waals surface area contributed by atoms with Crippen molar-refractivity contribution in [1.82, 2.24) is 9.88 Å². The number of aliphatic hydroxyl groups is 1. The lowest BCUT2D eigenvalue weighted by Crippen LogP contribution is -2.54. The summed E-state index contributed by atoms with van der Waals surface area (Å²) in [4.78, 5) is 18.9. The van der Waals surface area contributed by atoms with Crippen molar-refractivity contribution in [3.05, 3.63) is 30.1 Å². The SMILES string of the molecule is C[C@H](CCC(=O)N(CCS(=O)(=O)[O-])Cc1cccnc1)[C@H]1CC[C@H]2[C@@H]3CC[C@@H]4C[C@H](O)CC[C@]4(C)[C@H]3CC[C@]12C. The average Bonchev–Trinajstić information content (AvgIpc) is 3.27. The summed E-state index contributed by atoms with van der Waals surface area (Å²) in [5, 5.41) is 10.3. The van der Waals surface area contributed by atoms with Gasteiger partial charge in [-0.1, -0.05) is 26.8 Å². The van der Waals surface area contributed by atoms with E-state index in [1.807, 2.05) is 6.07 Å². The lowest BCUT2D eigenvalue weighted by molar-refractivity contribution is -0.133. The first-order valence-corrected chi connectivity index (χ1v) is 17.3. The summed E-state index contributed by atoms with van der Waals surface area (Å²) in [5.41, 5.74) is 1.52. The van der Waals surface area contributed by atoms with Gasteiger partial charge in [0.05, 0.1) is 22.0 Å². The van der Waals surface area contributed by atoms with Crippen LogP contribution in [0.3, 0.4) is 0 Å². The van der Waals surface area contributed by atoms with E-state index in [9.17, 15) is 22.9 Å². The van der Waals surface area contributed by atoms with Crippen LogP contribution in [0.1, 0.15) is 97.0 Å². The van der Waals surface area contributed by atoms with Crippen LogP contribution in [-0.4, -0.2) is 52.3 Å². The first kappa shape index (κ1) is 30.0. The monoisotopic (exact) mass is 573 g/mol. The number of rotatable bonds is 9. The highest BCUT2D eigenvalue weighted by molar-refractivity contribution is 7.85. The number of pyridine rings is 1. The Kier molecular flexibility index (Phi) is 8.72. The summed E-state index contributed by atoms with van der Waals surface area (Å²) in [6.07, 6.45) is 15.2. The van der Waals surface area contributed by atoms with Gasteiger partial charge in [-0.15, -0.1) is 0 Å². The van der Waals surface area contributed by atoms with Gasteiger partial charge in [-0.05, 0) is 122 Å². The third-order valence-electron chi connectivity index (χ3n) is 12.3. The van der Waals surface area contributed by atoms with E-state index in [0.29, 0.717) is 35.0 Å². The number of carbonyl (C=O) groups is 1. The molecule has 5 rings (SSSR count). The Morgan fingerprint density at radius 2 is 1.88 bits per heavy atom. The lowest BCUT2D eigenvalue weighted by Gasteiger charge is -2.61. The zero-order valence-electron chi connectivity index (χ0n) is 24.6. The van der Waals surface area contributed by atoms with Crippen molar-refractivity contribution < 1.29 is 22.9 Å². The van der Waals surface area contributed by atoms with Crippen LogP contribution in [0.25, 0.3) is 0 Å². The van der Waals surface area contributed by atoms with Gasteiger partial charge >= 0.3 is 0 Å². The molecule has 0 aliphatic heterocycles. The zero-order chi connectivity index (χ0) is 28.7. The number of amides is 1. The van der Waals surface area contributed by atoms with Crippen molar-refractivity contribution in [3.8, 4) is 0 Å². The smallest absolute Gasteiger partial charge is 0.222 e. The Labute approximate surface area is 241 Å². The Hall–Kier alpha value is -1.51. The number of hydrogen-bond donors (Lipinski definition) is 1. The van der Waals surface area contributed by atoms with Crippen LogP contribution in [0.5, 0.6) is 0 Å². The molecule has 0 saturated heterocycles. The van der Waals surface area contributed by atoms with E-state index < -0.39 is 15.9 Å². The van der Waals surface area contributed by atoms with Gasteiger partial charge < -0.3 is 14.6 Å². The molecule has 1 heterocycles. The highest BCUT2D eigenvalue weighted by Gasteiger charge is 2.60. The molecule has 8 heteroatoms. The summed E-state index contributed by atoms with van der Waals surface area (Å²) < 4.78 is 33.9. The highest BCUT2D eigenvalue weighted by Crippen LogP contribution is 2.68. The summed E-state index contributed by atoms with van der Waals surface area (Å²) in [6, 6.07) is 3.65. The van der Waals surface area contributed by atoms with Crippen LogP contribution in [0, 0.1) is 46.3 Å². The third kappa shape index (κ3) is 6.00. The van der Waals surface area contributed by atoms with Gasteiger partial charge in [0, 0.05) is 31.9 Å². The van der Waals surface area contributed by atoms with E-state index in [0.717, 1.165) is 42.6 Å². The molecule has 0 radical (unpaired) electrons. The van der Waals surface area contributed by atoms with E-state index in [-0.39, 0.29) is 25.1 Å². The lowest BCUT2D eigenvalue weighted by atomic mass is 9.44. The second-order valence-corrected chi connectivity index (χ2v) is 15.8. The maximum absolute atomic E-state index is 13.3. The summed E-state index contributed by atoms with van der Waals surface area (Å²) in [5.74, 6) is 3.35. The molecular weight excluding hydrogens is 524 g/mol. The quantitative estimate of drug-likeness (QED) is 0.397. The molecule has 224 valence electrons. The van der Waals surface area contributed by atoms with Gasteiger partial charge in [0.2, 0.25) is 5.91 Å². The van der Waals surface area contributed by atoms with Crippen molar-refractivity contribution in [2.24, 2.45) is 46.3 Å². The molecule has 0 unspecified atom stereocenters. The van der Waals surface area contributed by atoms with Crippen molar-refractivity contribution in [3.63, 3.8) is 0 Å². The third-order valence-corrected chi connectivity index (χ3v) is 13.0. The van der Waals surface area contributed by atoms with Crippen LogP contribution in [0.4, 0.5) is 0 Å². The topological polar surface area (TPSA) is 111 Å². The van der Waals surface area contributed by atoms with E-state index in [1.165, 1.54) is 49.8 Å². The summed E-state index contributed by atoms with van der Waals surface area (Å²) in [6.45, 7) is 7.57. The standard InChI is InChI=1S/C32H50N2O5S/c1-22(6-11-30(36)34(17-18-40(37,38)39)21-23-5-4-16-33-20-23)27-9-10-28-26-8-7-24-19-25(35)12-14-31(24,2)29(26)13-15-32(27,28)3/h4-5,16,20,22,24-29,35H,6-15,17-19,21H2,1-3H3,(H,37,38,39)/p-1/t22-,24-,25-,26+,27-,28+,29+,31+,32-/m1/s1. The number of nitrogens with zero attached hydrogens (tertiary/aromatic N) is 2.